The van der Waals surface area contributed by atoms with Gasteiger partial charge in [-0.1, -0.05) is 48.5 Å². The van der Waals surface area contributed by atoms with Crippen LogP contribution in [0.15, 0.2) is 77.6 Å². The first-order valence-corrected chi connectivity index (χ1v) is 11.3. The minimum absolute atomic E-state index is 0.00486. The Morgan fingerprint density at radius 3 is 2.36 bits per heavy atom. The molecule has 0 N–H and O–H groups in total. The van der Waals surface area contributed by atoms with Gasteiger partial charge in [0.25, 0.3) is 5.56 Å². The van der Waals surface area contributed by atoms with Crippen molar-refractivity contribution in [2.24, 2.45) is 0 Å². The van der Waals surface area contributed by atoms with Gasteiger partial charge in [-0.3, -0.25) is 14.2 Å². The van der Waals surface area contributed by atoms with Gasteiger partial charge in [0.05, 0.1) is 29.1 Å². The lowest BCUT2D eigenvalue weighted by Gasteiger charge is -2.30. The number of fused-ring (bicyclic) bond motifs is 1. The van der Waals surface area contributed by atoms with E-state index in [0.717, 1.165) is 22.4 Å². The number of para-hydroxylation sites is 1. The standard InChI is InChI=1S/C28H29N3O2/c1-5-30(26(32)18-22-11-7-6-8-12-22)21(4)27-29-25-14-10-9-13-24(25)28(33)31(27)23-16-15-19(2)20(3)17-23/h6-17,21H,5,18H2,1-4H3. The second kappa shape index (κ2) is 9.41. The minimum Gasteiger partial charge on any atom is -0.333 e. The number of hydrogen-bond donors (Lipinski definition) is 0. The fourth-order valence-electron chi connectivity index (χ4n) is 4.22. The molecule has 0 aliphatic rings. The maximum atomic E-state index is 13.6. The van der Waals surface area contributed by atoms with Crippen LogP contribution in [0.5, 0.6) is 0 Å². The van der Waals surface area contributed by atoms with E-state index in [2.05, 4.69) is 0 Å². The molecule has 4 rings (SSSR count). The zero-order chi connectivity index (χ0) is 23.5. The van der Waals surface area contributed by atoms with Crippen LogP contribution in [0.2, 0.25) is 0 Å². The van der Waals surface area contributed by atoms with Gasteiger partial charge in [0.15, 0.2) is 0 Å². The number of aryl methyl sites for hydroxylation is 2. The van der Waals surface area contributed by atoms with Gasteiger partial charge in [0.1, 0.15) is 5.82 Å². The maximum Gasteiger partial charge on any atom is 0.266 e. The number of hydrogen-bond acceptors (Lipinski definition) is 3. The van der Waals surface area contributed by atoms with E-state index in [1.165, 1.54) is 0 Å². The normalized spacial score (nSPS) is 12.0. The minimum atomic E-state index is -0.384. The van der Waals surface area contributed by atoms with Crippen LogP contribution in [0.1, 0.15) is 42.4 Å². The maximum absolute atomic E-state index is 13.6. The molecule has 1 atom stereocenters. The predicted molar refractivity (Wildman–Crippen MR) is 133 cm³/mol. The van der Waals surface area contributed by atoms with E-state index in [1.807, 2.05) is 94.4 Å². The molecule has 1 amide bonds. The van der Waals surface area contributed by atoms with E-state index in [-0.39, 0.29) is 17.5 Å². The molecule has 33 heavy (non-hydrogen) atoms. The summed E-state index contributed by atoms with van der Waals surface area (Å²) in [6.07, 6.45) is 0.306. The van der Waals surface area contributed by atoms with Crippen molar-refractivity contribution in [3.63, 3.8) is 0 Å². The van der Waals surface area contributed by atoms with Gasteiger partial charge in [-0.25, -0.2) is 4.98 Å². The highest BCUT2D eigenvalue weighted by atomic mass is 16.2. The molecule has 0 saturated carbocycles. The van der Waals surface area contributed by atoms with Crippen molar-refractivity contribution in [1.82, 2.24) is 14.5 Å². The Kier molecular flexibility index (Phi) is 6.40. The molecule has 0 saturated heterocycles. The second-order valence-corrected chi connectivity index (χ2v) is 8.41. The van der Waals surface area contributed by atoms with Gasteiger partial charge in [-0.15, -0.1) is 0 Å². The summed E-state index contributed by atoms with van der Waals surface area (Å²) >= 11 is 0. The van der Waals surface area contributed by atoms with Gasteiger partial charge in [-0.05, 0) is 68.7 Å². The lowest BCUT2D eigenvalue weighted by atomic mass is 10.1. The van der Waals surface area contributed by atoms with Crippen LogP contribution >= 0.6 is 0 Å². The summed E-state index contributed by atoms with van der Waals surface area (Å²) in [7, 11) is 0. The van der Waals surface area contributed by atoms with Crippen molar-refractivity contribution in [1.29, 1.82) is 0 Å². The van der Waals surface area contributed by atoms with Crippen LogP contribution in [-0.4, -0.2) is 26.9 Å². The van der Waals surface area contributed by atoms with Gasteiger partial charge in [0, 0.05) is 6.54 Å². The quantitative estimate of drug-likeness (QED) is 0.417. The first-order valence-electron chi connectivity index (χ1n) is 11.3. The number of rotatable bonds is 6. The Morgan fingerprint density at radius 2 is 1.67 bits per heavy atom. The predicted octanol–water partition coefficient (Wildman–Crippen LogP) is 5.15. The number of likely N-dealkylation sites (N-methyl/N-ethyl adjacent to an activating group) is 1. The van der Waals surface area contributed by atoms with Crippen molar-refractivity contribution in [3.05, 3.63) is 106 Å². The van der Waals surface area contributed by atoms with E-state index < -0.39 is 0 Å². The van der Waals surface area contributed by atoms with Crippen molar-refractivity contribution in [2.45, 2.75) is 40.2 Å². The largest absolute Gasteiger partial charge is 0.333 e. The Labute approximate surface area is 194 Å². The third-order valence-corrected chi connectivity index (χ3v) is 6.25. The van der Waals surface area contributed by atoms with Crippen molar-refractivity contribution in [2.75, 3.05) is 6.54 Å². The summed E-state index contributed by atoms with van der Waals surface area (Å²) in [5, 5.41) is 0.560. The van der Waals surface area contributed by atoms with Gasteiger partial charge in [-0.2, -0.15) is 0 Å². The molecule has 5 nitrogen and oxygen atoms in total. The van der Waals surface area contributed by atoms with E-state index in [9.17, 15) is 9.59 Å². The molecule has 0 spiro atoms. The van der Waals surface area contributed by atoms with Crippen molar-refractivity contribution >= 4 is 16.8 Å². The molecule has 0 aliphatic carbocycles. The molecule has 5 heteroatoms. The van der Waals surface area contributed by atoms with Crippen LogP contribution in [0.25, 0.3) is 16.6 Å². The van der Waals surface area contributed by atoms with Crippen molar-refractivity contribution in [3.8, 4) is 5.69 Å². The molecule has 1 aromatic heterocycles. The monoisotopic (exact) mass is 439 g/mol. The van der Waals surface area contributed by atoms with Gasteiger partial charge >= 0.3 is 0 Å². The van der Waals surface area contributed by atoms with Crippen LogP contribution in [0.4, 0.5) is 0 Å². The molecule has 0 aliphatic heterocycles. The highest BCUT2D eigenvalue weighted by Crippen LogP contribution is 2.24. The molecule has 0 fully saturated rings. The van der Waals surface area contributed by atoms with Crippen LogP contribution in [0, 0.1) is 13.8 Å². The number of aromatic nitrogens is 2. The fourth-order valence-corrected chi connectivity index (χ4v) is 4.22. The zero-order valence-corrected chi connectivity index (χ0v) is 19.6. The Balaban J connectivity index is 1.85. The summed E-state index contributed by atoms with van der Waals surface area (Å²) in [6.45, 7) is 8.50. The number of carbonyl (C=O) groups excluding carboxylic acids is 1. The summed E-state index contributed by atoms with van der Waals surface area (Å²) < 4.78 is 1.66. The van der Waals surface area contributed by atoms with E-state index in [0.29, 0.717) is 29.7 Å². The Bertz CT molecular complexity index is 1360. The third-order valence-electron chi connectivity index (χ3n) is 6.25. The smallest absolute Gasteiger partial charge is 0.266 e. The molecule has 4 aromatic rings. The van der Waals surface area contributed by atoms with Gasteiger partial charge < -0.3 is 4.90 Å². The molecule has 0 bridgehead atoms. The van der Waals surface area contributed by atoms with Crippen molar-refractivity contribution < 1.29 is 4.79 Å². The average Bonchev–Trinajstić information content (AvgIpc) is 2.82. The van der Waals surface area contributed by atoms with E-state index >= 15 is 0 Å². The van der Waals surface area contributed by atoms with E-state index in [4.69, 9.17) is 4.98 Å². The number of carbonyl (C=O) groups is 1. The second-order valence-electron chi connectivity index (χ2n) is 8.41. The SMILES string of the molecule is CCN(C(=O)Cc1ccccc1)C(C)c1nc2ccccc2c(=O)n1-c1ccc(C)c(C)c1. The first kappa shape index (κ1) is 22.5. The molecule has 1 heterocycles. The first-order chi connectivity index (χ1) is 15.9. The topological polar surface area (TPSA) is 55.2 Å². The van der Waals surface area contributed by atoms with Crippen LogP contribution in [-0.2, 0) is 11.2 Å². The number of amides is 1. The molecule has 168 valence electrons. The fraction of sp³-hybridized carbons (Fsp3) is 0.250. The third kappa shape index (κ3) is 4.44. The highest BCUT2D eigenvalue weighted by molar-refractivity contribution is 5.80. The average molecular weight is 440 g/mol. The summed E-state index contributed by atoms with van der Waals surface area (Å²) in [5.74, 6) is 0.565. The van der Waals surface area contributed by atoms with Crippen LogP contribution < -0.4 is 5.56 Å². The zero-order valence-electron chi connectivity index (χ0n) is 19.6. The summed E-state index contributed by atoms with van der Waals surface area (Å²) in [6, 6.07) is 22.7. The van der Waals surface area contributed by atoms with Crippen LogP contribution in [0.3, 0.4) is 0 Å². The molecule has 0 radical (unpaired) electrons. The number of nitrogens with zero attached hydrogens (tertiary/aromatic N) is 3. The molecular weight excluding hydrogens is 410 g/mol. The Morgan fingerprint density at radius 1 is 0.970 bits per heavy atom. The number of benzene rings is 3. The molecular formula is C28H29N3O2. The lowest BCUT2D eigenvalue weighted by Crippen LogP contribution is -2.38. The lowest BCUT2D eigenvalue weighted by molar-refractivity contribution is -0.132. The summed E-state index contributed by atoms with van der Waals surface area (Å²) in [5.41, 5.74) is 4.48. The molecule has 1 unspecified atom stereocenters. The molecule has 3 aromatic carbocycles. The van der Waals surface area contributed by atoms with Gasteiger partial charge in [0.2, 0.25) is 5.91 Å². The highest BCUT2D eigenvalue weighted by Gasteiger charge is 2.26. The van der Waals surface area contributed by atoms with E-state index in [1.54, 1.807) is 15.5 Å². The summed E-state index contributed by atoms with van der Waals surface area (Å²) in [4.78, 5) is 33.6. The Hall–Kier alpha value is -3.73.